The van der Waals surface area contributed by atoms with Crippen molar-refractivity contribution in [3.8, 4) is 17.6 Å². The average Bonchev–Trinajstić information content (AvgIpc) is 2.84. The van der Waals surface area contributed by atoms with E-state index < -0.39 is 23.2 Å². The number of allylic oxidation sites excluding steroid dienone is 2. The van der Waals surface area contributed by atoms with Gasteiger partial charge in [0, 0.05) is 16.3 Å². The molecule has 0 saturated carbocycles. The first-order valence-electron chi connectivity index (χ1n) is 10.1. The summed E-state index contributed by atoms with van der Waals surface area (Å²) in [5, 5.41) is 9.13. The molecule has 36 heavy (non-hydrogen) atoms. The van der Waals surface area contributed by atoms with E-state index in [0.717, 1.165) is 16.7 Å². The van der Waals surface area contributed by atoms with Crippen LogP contribution in [0.15, 0.2) is 77.2 Å². The lowest BCUT2D eigenvalue weighted by atomic mass is 10.1. The molecule has 0 fully saturated rings. The minimum Gasteiger partial charge on any atom is -0.482 e. The molecule has 2 aromatic carbocycles. The van der Waals surface area contributed by atoms with E-state index in [1.165, 1.54) is 19.3 Å². The predicted octanol–water partition coefficient (Wildman–Crippen LogP) is 4.40. The van der Waals surface area contributed by atoms with Crippen LogP contribution in [0.5, 0.6) is 11.5 Å². The lowest BCUT2D eigenvalue weighted by molar-refractivity contribution is -0.142. The van der Waals surface area contributed by atoms with Crippen LogP contribution in [0.3, 0.4) is 0 Å². The van der Waals surface area contributed by atoms with Gasteiger partial charge in [0.15, 0.2) is 11.6 Å². The van der Waals surface area contributed by atoms with Crippen LogP contribution in [0.2, 0.25) is 5.02 Å². The molecule has 0 spiro atoms. The zero-order valence-electron chi connectivity index (χ0n) is 18.7. The molecule has 4 N–H and O–H groups in total. The molecule has 1 heterocycles. The minimum atomic E-state index is -5.01. The number of halogens is 4. The zero-order valence-corrected chi connectivity index (χ0v) is 19.5. The molecule has 0 aliphatic heterocycles. The van der Waals surface area contributed by atoms with Gasteiger partial charge < -0.3 is 20.9 Å². The number of methoxy groups -OCH3 is 1. The number of rotatable bonds is 7. The summed E-state index contributed by atoms with van der Waals surface area (Å²) in [7, 11) is 1.29. The van der Waals surface area contributed by atoms with E-state index in [1.807, 2.05) is 0 Å². The van der Waals surface area contributed by atoms with Crippen LogP contribution in [0.4, 0.5) is 13.2 Å². The topological polar surface area (TPSA) is 129 Å². The number of benzene rings is 2. The molecule has 0 bridgehead atoms. The van der Waals surface area contributed by atoms with Crippen molar-refractivity contribution in [1.82, 2.24) is 9.55 Å². The van der Waals surface area contributed by atoms with Gasteiger partial charge in [0.2, 0.25) is 5.75 Å². The molecule has 0 aliphatic carbocycles. The molecule has 0 atom stereocenters. The number of nitriles is 1. The van der Waals surface area contributed by atoms with E-state index in [1.54, 1.807) is 36.4 Å². The summed E-state index contributed by atoms with van der Waals surface area (Å²) >= 11 is 5.91. The maximum atomic E-state index is 13.6. The lowest BCUT2D eigenvalue weighted by Gasteiger charge is -2.16. The van der Waals surface area contributed by atoms with Crippen LogP contribution in [-0.4, -0.2) is 16.7 Å². The maximum absolute atomic E-state index is 13.6. The van der Waals surface area contributed by atoms with Crippen LogP contribution < -0.4 is 21.8 Å². The first-order chi connectivity index (χ1) is 17.0. The second kappa shape index (κ2) is 10.9. The van der Waals surface area contributed by atoms with Crippen LogP contribution in [0.25, 0.3) is 5.70 Å². The number of alkyl halides is 3. The Balaban J connectivity index is 2.10. The van der Waals surface area contributed by atoms with Crippen molar-refractivity contribution in [2.24, 2.45) is 11.5 Å². The van der Waals surface area contributed by atoms with Gasteiger partial charge in [0.1, 0.15) is 5.75 Å². The summed E-state index contributed by atoms with van der Waals surface area (Å²) in [6.45, 7) is -0.341. The quantitative estimate of drug-likeness (QED) is 0.351. The van der Waals surface area contributed by atoms with Crippen molar-refractivity contribution in [3.63, 3.8) is 0 Å². The van der Waals surface area contributed by atoms with E-state index in [4.69, 9.17) is 37.8 Å². The number of hydrogen-bond acceptors (Lipinski definition) is 7. The molecule has 0 amide bonds. The van der Waals surface area contributed by atoms with Crippen molar-refractivity contribution in [2.75, 3.05) is 7.11 Å². The second-order valence-corrected chi connectivity index (χ2v) is 7.74. The van der Waals surface area contributed by atoms with E-state index in [-0.39, 0.29) is 40.0 Å². The highest BCUT2D eigenvalue weighted by atomic mass is 35.5. The summed E-state index contributed by atoms with van der Waals surface area (Å²) in [5.41, 5.74) is 10.5. The Bertz CT molecular complexity index is 1430. The summed E-state index contributed by atoms with van der Waals surface area (Å²) in [4.78, 5) is 16.5. The van der Waals surface area contributed by atoms with Gasteiger partial charge in [-0.1, -0.05) is 41.9 Å². The molecule has 186 valence electrons. The van der Waals surface area contributed by atoms with Crippen LogP contribution >= 0.6 is 11.6 Å². The average molecular weight is 518 g/mol. The van der Waals surface area contributed by atoms with Crippen molar-refractivity contribution in [2.45, 2.75) is 12.7 Å². The molecule has 0 unspecified atom stereocenters. The first-order valence-corrected chi connectivity index (χ1v) is 10.5. The second-order valence-electron chi connectivity index (χ2n) is 7.30. The van der Waals surface area contributed by atoms with Gasteiger partial charge in [-0.15, -0.1) is 0 Å². The monoisotopic (exact) mass is 517 g/mol. The number of nitrogens with two attached hydrogens (primary N) is 2. The SMILES string of the molecule is CO/C(N)=C(/C=C(\N)c1ccccc1)Cn1cnc(C(F)(F)F)c(Oc2cc(Cl)cc(C#N)c2)c1=O. The van der Waals surface area contributed by atoms with Gasteiger partial charge >= 0.3 is 6.18 Å². The number of nitrogens with zero attached hydrogens (tertiary/aromatic N) is 3. The van der Waals surface area contributed by atoms with E-state index in [9.17, 15) is 18.0 Å². The molecular formula is C24H19ClF3N5O3. The summed E-state index contributed by atoms with van der Waals surface area (Å²) in [6, 6.07) is 14.2. The number of hydrogen-bond donors (Lipinski definition) is 2. The Morgan fingerprint density at radius 2 is 1.92 bits per heavy atom. The van der Waals surface area contributed by atoms with Gasteiger partial charge in [-0.3, -0.25) is 9.36 Å². The fourth-order valence-corrected chi connectivity index (χ4v) is 3.32. The largest absolute Gasteiger partial charge is 0.482 e. The molecule has 0 radical (unpaired) electrons. The molecule has 3 aromatic rings. The summed E-state index contributed by atoms with van der Waals surface area (Å²) in [6.07, 6.45) is -2.85. The van der Waals surface area contributed by atoms with Crippen LogP contribution in [0, 0.1) is 11.3 Å². The van der Waals surface area contributed by atoms with E-state index in [2.05, 4.69) is 4.98 Å². The maximum Gasteiger partial charge on any atom is 0.437 e. The summed E-state index contributed by atoms with van der Waals surface area (Å²) in [5.74, 6) is -1.47. The smallest absolute Gasteiger partial charge is 0.437 e. The number of aromatic nitrogens is 2. The van der Waals surface area contributed by atoms with Crippen LogP contribution in [0.1, 0.15) is 16.8 Å². The highest BCUT2D eigenvalue weighted by molar-refractivity contribution is 6.30. The van der Waals surface area contributed by atoms with Crippen molar-refractivity contribution < 1.29 is 22.6 Å². The van der Waals surface area contributed by atoms with E-state index in [0.29, 0.717) is 11.9 Å². The Morgan fingerprint density at radius 3 is 2.53 bits per heavy atom. The Hall–Kier alpha value is -4.43. The fraction of sp³-hybridized carbons (Fsp3) is 0.125. The van der Waals surface area contributed by atoms with Gasteiger partial charge in [-0.25, -0.2) is 4.98 Å². The number of ether oxygens (including phenoxy) is 2. The molecular weight excluding hydrogens is 499 g/mol. The molecule has 12 heteroatoms. The van der Waals surface area contributed by atoms with Gasteiger partial charge in [0.25, 0.3) is 5.56 Å². The third-order valence-electron chi connectivity index (χ3n) is 4.80. The molecule has 3 rings (SSSR count). The summed E-state index contributed by atoms with van der Waals surface area (Å²) < 4.78 is 52.2. The molecule has 0 aliphatic rings. The Kier molecular flexibility index (Phi) is 7.91. The molecule has 0 saturated heterocycles. The fourth-order valence-electron chi connectivity index (χ4n) is 3.09. The van der Waals surface area contributed by atoms with Crippen molar-refractivity contribution >= 4 is 17.3 Å². The van der Waals surface area contributed by atoms with Crippen molar-refractivity contribution in [3.05, 3.63) is 105 Å². The molecule has 1 aromatic heterocycles. The normalized spacial score (nSPS) is 12.5. The van der Waals surface area contributed by atoms with Gasteiger partial charge in [-0.2, -0.15) is 18.4 Å². The van der Waals surface area contributed by atoms with Crippen molar-refractivity contribution in [1.29, 1.82) is 5.26 Å². The zero-order chi connectivity index (χ0) is 26.5. The van der Waals surface area contributed by atoms with Crippen LogP contribution in [-0.2, 0) is 17.5 Å². The first kappa shape index (κ1) is 26.2. The third-order valence-corrected chi connectivity index (χ3v) is 5.02. The van der Waals surface area contributed by atoms with E-state index >= 15 is 0 Å². The Labute approximate surface area is 208 Å². The standard InChI is InChI=1S/C24H19ClF3N5O3/c1-35-22(31)16(9-19(30)15-5-3-2-4-6-15)12-33-13-32-21(24(26,27)28)20(23(33)34)36-18-8-14(11-29)7-17(25)10-18/h2-10,13H,12,30-31H2,1H3/b19-9-,22-16-. The minimum absolute atomic E-state index is 0.0230. The lowest BCUT2D eigenvalue weighted by Crippen LogP contribution is -2.27. The highest BCUT2D eigenvalue weighted by Gasteiger charge is 2.38. The highest BCUT2D eigenvalue weighted by Crippen LogP contribution is 2.35. The third kappa shape index (κ3) is 6.17. The van der Waals surface area contributed by atoms with Gasteiger partial charge in [-0.05, 0) is 29.8 Å². The predicted molar refractivity (Wildman–Crippen MR) is 127 cm³/mol. The molecule has 8 nitrogen and oxygen atoms in total. The Morgan fingerprint density at radius 1 is 1.22 bits per heavy atom. The van der Waals surface area contributed by atoms with Gasteiger partial charge in [0.05, 0.1) is 31.6 Å².